The van der Waals surface area contributed by atoms with E-state index >= 15 is 0 Å². The average Bonchev–Trinajstić information content (AvgIpc) is 2.03. The number of carbonyl (C=O) groups excluding carboxylic acids is 1. The minimum absolute atomic E-state index is 0.0239. The molecule has 0 heterocycles. The molecular weight excluding hydrogens is 186 g/mol. The number of amides is 1. The highest BCUT2D eigenvalue weighted by atomic mass is 32.1. The molecule has 0 bridgehead atoms. The van der Waals surface area contributed by atoms with Crippen LogP contribution in [-0.2, 0) is 17.2 Å². The summed E-state index contributed by atoms with van der Waals surface area (Å²) >= 11 is 4.24. The zero-order valence-electron chi connectivity index (χ0n) is 8.45. The third-order valence-electron chi connectivity index (χ3n) is 1.69. The Hall–Kier alpha value is -0.510. The lowest BCUT2D eigenvalue weighted by Gasteiger charge is -2.17. The Balaban J connectivity index is 3.92. The van der Waals surface area contributed by atoms with Crippen LogP contribution in [0.5, 0.6) is 0 Å². The topological polar surface area (TPSA) is 38.7 Å². The predicted octanol–water partition coefficient (Wildman–Crippen LogP) is 3.07. The van der Waals surface area contributed by atoms with Crippen molar-refractivity contribution in [2.24, 2.45) is 10.3 Å². The van der Waals surface area contributed by atoms with Gasteiger partial charge in [0.05, 0.1) is 0 Å². The molecule has 0 aliphatic heterocycles. The van der Waals surface area contributed by atoms with Crippen molar-refractivity contribution in [3.05, 3.63) is 0 Å². The van der Waals surface area contributed by atoms with Crippen molar-refractivity contribution < 1.29 is 9.53 Å². The van der Waals surface area contributed by atoms with Gasteiger partial charge in [-0.1, -0.05) is 27.2 Å². The molecule has 0 aliphatic carbocycles. The lowest BCUT2D eigenvalue weighted by Crippen LogP contribution is -2.17. The molecule has 1 unspecified atom stereocenters. The SMILES string of the molecule is CCCC(CC(C)C)OC(=O)N=S. The van der Waals surface area contributed by atoms with E-state index in [4.69, 9.17) is 4.74 Å². The highest BCUT2D eigenvalue weighted by Gasteiger charge is 2.14. The molecule has 0 aromatic heterocycles. The Kier molecular flexibility index (Phi) is 6.68. The third-order valence-corrected chi connectivity index (χ3v) is 1.84. The number of nitrogens with zero attached hydrogens (tertiary/aromatic N) is 1. The van der Waals surface area contributed by atoms with Crippen molar-refractivity contribution >= 4 is 18.5 Å². The molecule has 4 heteroatoms. The van der Waals surface area contributed by atoms with E-state index in [0.717, 1.165) is 19.3 Å². The van der Waals surface area contributed by atoms with Crippen LogP contribution in [0.25, 0.3) is 0 Å². The zero-order valence-corrected chi connectivity index (χ0v) is 9.26. The van der Waals surface area contributed by atoms with Crippen molar-refractivity contribution in [2.45, 2.75) is 46.1 Å². The van der Waals surface area contributed by atoms with Crippen molar-refractivity contribution in [2.75, 3.05) is 0 Å². The summed E-state index contributed by atoms with van der Waals surface area (Å²) in [5.74, 6) is 0.523. The van der Waals surface area contributed by atoms with Gasteiger partial charge >= 0.3 is 6.09 Å². The quantitative estimate of drug-likeness (QED) is 0.689. The normalized spacial score (nSPS) is 12.6. The highest BCUT2D eigenvalue weighted by Crippen LogP contribution is 2.13. The average molecular weight is 203 g/mol. The molecule has 76 valence electrons. The smallest absolute Gasteiger partial charge is 0.444 e. The second-order valence-corrected chi connectivity index (χ2v) is 3.70. The fraction of sp³-hybridized carbons (Fsp3) is 0.889. The molecule has 0 radical (unpaired) electrons. The molecule has 0 saturated heterocycles. The van der Waals surface area contributed by atoms with E-state index in [0.29, 0.717) is 5.92 Å². The fourth-order valence-electron chi connectivity index (χ4n) is 1.24. The first-order valence-electron chi connectivity index (χ1n) is 4.64. The Morgan fingerprint density at radius 2 is 2.15 bits per heavy atom. The second-order valence-electron chi connectivity index (χ2n) is 3.52. The number of hydrogen-bond donors (Lipinski definition) is 0. The van der Waals surface area contributed by atoms with E-state index in [1.54, 1.807) is 0 Å². The second kappa shape index (κ2) is 6.95. The van der Waals surface area contributed by atoms with Crippen LogP contribution in [0.15, 0.2) is 4.36 Å². The van der Waals surface area contributed by atoms with E-state index in [1.807, 2.05) is 0 Å². The number of ether oxygens (including phenoxy) is 1. The van der Waals surface area contributed by atoms with Crippen LogP contribution in [0.4, 0.5) is 4.79 Å². The van der Waals surface area contributed by atoms with Gasteiger partial charge in [-0.05, 0) is 18.8 Å². The van der Waals surface area contributed by atoms with E-state index in [2.05, 4.69) is 37.6 Å². The van der Waals surface area contributed by atoms with Crippen molar-refractivity contribution in [1.29, 1.82) is 0 Å². The maximum absolute atomic E-state index is 10.8. The molecule has 1 atom stereocenters. The first-order chi connectivity index (χ1) is 6.10. The third kappa shape index (κ3) is 6.63. The molecule has 0 rings (SSSR count). The first-order valence-corrected chi connectivity index (χ1v) is 5.00. The summed E-state index contributed by atoms with van der Waals surface area (Å²) in [6, 6.07) is 0. The van der Waals surface area contributed by atoms with Crippen LogP contribution in [-0.4, -0.2) is 12.2 Å². The van der Waals surface area contributed by atoms with Crippen molar-refractivity contribution in [3.63, 3.8) is 0 Å². The Morgan fingerprint density at radius 3 is 2.54 bits per heavy atom. The summed E-state index contributed by atoms with van der Waals surface area (Å²) in [4.78, 5) is 10.8. The van der Waals surface area contributed by atoms with Crippen molar-refractivity contribution in [3.8, 4) is 0 Å². The summed E-state index contributed by atoms with van der Waals surface area (Å²) in [5, 5.41) is 0. The van der Waals surface area contributed by atoms with Gasteiger partial charge in [-0.2, -0.15) is 0 Å². The van der Waals surface area contributed by atoms with E-state index in [1.165, 1.54) is 0 Å². The zero-order chi connectivity index (χ0) is 10.3. The molecule has 0 N–H and O–H groups in total. The Bertz CT molecular complexity index is 171. The molecule has 0 saturated carbocycles. The van der Waals surface area contributed by atoms with Gasteiger partial charge < -0.3 is 4.74 Å². The van der Waals surface area contributed by atoms with E-state index < -0.39 is 6.09 Å². The minimum atomic E-state index is -0.630. The molecular formula is C9H17NO2S. The van der Waals surface area contributed by atoms with Crippen LogP contribution in [0, 0.1) is 5.92 Å². The van der Waals surface area contributed by atoms with Crippen LogP contribution < -0.4 is 0 Å². The molecule has 0 aliphatic rings. The summed E-state index contributed by atoms with van der Waals surface area (Å²) in [7, 11) is 0. The summed E-state index contributed by atoms with van der Waals surface area (Å²) < 4.78 is 8.08. The molecule has 0 fully saturated rings. The van der Waals surface area contributed by atoms with Crippen LogP contribution >= 0.6 is 0 Å². The molecule has 0 aromatic rings. The van der Waals surface area contributed by atoms with Crippen molar-refractivity contribution in [1.82, 2.24) is 0 Å². The maximum atomic E-state index is 10.8. The summed E-state index contributed by atoms with van der Waals surface area (Å²) in [5.41, 5.74) is 0. The van der Waals surface area contributed by atoms with Crippen LogP contribution in [0.1, 0.15) is 40.0 Å². The fourth-order valence-corrected chi connectivity index (χ4v) is 1.28. The lowest BCUT2D eigenvalue weighted by atomic mass is 10.0. The Labute approximate surface area is 85.0 Å². The van der Waals surface area contributed by atoms with Gasteiger partial charge in [-0.3, -0.25) is 0 Å². The minimum Gasteiger partial charge on any atom is -0.444 e. The van der Waals surface area contributed by atoms with Gasteiger partial charge in [0.2, 0.25) is 0 Å². The molecule has 3 nitrogen and oxygen atoms in total. The maximum Gasteiger partial charge on any atom is 0.445 e. The van der Waals surface area contributed by atoms with Gasteiger partial charge in [0.25, 0.3) is 0 Å². The molecule has 0 aromatic carbocycles. The number of hydrogen-bond acceptors (Lipinski definition) is 3. The van der Waals surface area contributed by atoms with Gasteiger partial charge in [0.15, 0.2) is 0 Å². The molecule has 0 spiro atoms. The monoisotopic (exact) mass is 203 g/mol. The first kappa shape index (κ1) is 12.5. The van der Waals surface area contributed by atoms with Gasteiger partial charge in [-0.15, -0.1) is 4.36 Å². The van der Waals surface area contributed by atoms with E-state index in [-0.39, 0.29) is 6.10 Å². The number of rotatable bonds is 5. The predicted molar refractivity (Wildman–Crippen MR) is 54.4 cm³/mol. The lowest BCUT2D eigenvalue weighted by molar-refractivity contribution is 0.0885. The summed E-state index contributed by atoms with van der Waals surface area (Å²) in [6.07, 6.45) is 2.11. The van der Waals surface area contributed by atoms with Gasteiger partial charge in [0, 0.05) is 12.4 Å². The number of carbonyl (C=O) groups is 1. The van der Waals surface area contributed by atoms with Gasteiger partial charge in [-0.25, -0.2) is 4.79 Å². The van der Waals surface area contributed by atoms with Crippen LogP contribution in [0.2, 0.25) is 0 Å². The Morgan fingerprint density at radius 1 is 1.54 bits per heavy atom. The van der Waals surface area contributed by atoms with E-state index in [9.17, 15) is 4.79 Å². The van der Waals surface area contributed by atoms with Crippen LogP contribution in [0.3, 0.4) is 0 Å². The molecule has 1 amide bonds. The molecule has 13 heavy (non-hydrogen) atoms. The van der Waals surface area contributed by atoms with Gasteiger partial charge in [0.1, 0.15) is 6.10 Å². The largest absolute Gasteiger partial charge is 0.445 e. The highest BCUT2D eigenvalue weighted by molar-refractivity contribution is 7.47. The standard InChI is InChI=1S/C9H17NO2S/c1-4-5-8(6-7(2)3)12-9(11)10-13/h7-8H,4-6H2,1-3H3. The summed E-state index contributed by atoms with van der Waals surface area (Å²) in [6.45, 7) is 6.26.